The van der Waals surface area contributed by atoms with Gasteiger partial charge in [-0.15, -0.1) is 11.3 Å². The number of nitrogens with one attached hydrogen (secondary N) is 2. The lowest BCUT2D eigenvalue weighted by Crippen LogP contribution is -2.20. The Morgan fingerprint density at radius 3 is 2.67 bits per heavy atom. The normalized spacial score (nSPS) is 9.95. The van der Waals surface area contributed by atoms with Crippen LogP contribution in [0.1, 0.15) is 20.7 Å². The second-order valence-electron chi connectivity index (χ2n) is 4.00. The summed E-state index contributed by atoms with van der Waals surface area (Å²) < 4.78 is 0. The predicted molar refractivity (Wildman–Crippen MR) is 78.8 cm³/mol. The third-order valence-corrected chi connectivity index (χ3v) is 3.51. The zero-order chi connectivity index (χ0) is 15.4. The van der Waals surface area contributed by atoms with Gasteiger partial charge in [-0.1, -0.05) is 6.07 Å². The molecule has 108 valence electrons. The van der Waals surface area contributed by atoms with Crippen molar-refractivity contribution in [3.05, 3.63) is 57.0 Å². The van der Waals surface area contributed by atoms with Crippen molar-refractivity contribution in [1.82, 2.24) is 5.32 Å². The quantitative estimate of drug-likeness (QED) is 0.668. The Bertz CT molecular complexity index is 711. The number of amides is 2. The topological polar surface area (TPSA) is 101 Å². The number of nitro benzene ring substituents is 1. The summed E-state index contributed by atoms with van der Waals surface area (Å²) in [5.74, 6) is -0.822. The standard InChI is InChI=1S/C13H11N3O4S/c1-14-12(18)10-5-6-21-13(10)15-11(17)8-3-2-4-9(7-8)16(19)20/h2-7H,1H3,(H,14,18)(H,15,17). The average molecular weight is 305 g/mol. The van der Waals surface area contributed by atoms with E-state index in [2.05, 4.69) is 10.6 Å². The second-order valence-corrected chi connectivity index (χ2v) is 4.92. The molecule has 2 rings (SSSR count). The second kappa shape index (κ2) is 6.14. The van der Waals surface area contributed by atoms with Crippen LogP contribution in [0.5, 0.6) is 0 Å². The number of non-ortho nitro benzene ring substituents is 1. The monoisotopic (exact) mass is 305 g/mol. The highest BCUT2D eigenvalue weighted by atomic mass is 32.1. The lowest BCUT2D eigenvalue weighted by Gasteiger charge is -2.05. The zero-order valence-electron chi connectivity index (χ0n) is 11.0. The number of hydrogen-bond acceptors (Lipinski definition) is 5. The molecule has 0 aliphatic heterocycles. The fourth-order valence-corrected chi connectivity index (χ4v) is 2.44. The molecule has 0 saturated carbocycles. The lowest BCUT2D eigenvalue weighted by molar-refractivity contribution is -0.384. The number of benzene rings is 1. The molecule has 0 unspecified atom stereocenters. The Balaban J connectivity index is 2.23. The largest absolute Gasteiger partial charge is 0.355 e. The van der Waals surface area contributed by atoms with Gasteiger partial charge in [0, 0.05) is 24.7 Å². The molecule has 7 nitrogen and oxygen atoms in total. The van der Waals surface area contributed by atoms with Gasteiger partial charge < -0.3 is 10.6 Å². The summed E-state index contributed by atoms with van der Waals surface area (Å²) in [6, 6.07) is 6.98. The highest BCUT2D eigenvalue weighted by Crippen LogP contribution is 2.24. The Labute approximate surface area is 123 Å². The molecule has 0 spiro atoms. The summed E-state index contributed by atoms with van der Waals surface area (Å²) in [6.07, 6.45) is 0. The first kappa shape index (κ1) is 14.7. The van der Waals surface area contributed by atoms with Gasteiger partial charge in [-0.3, -0.25) is 19.7 Å². The van der Waals surface area contributed by atoms with Gasteiger partial charge in [0.05, 0.1) is 10.5 Å². The van der Waals surface area contributed by atoms with Crippen LogP contribution in [0.15, 0.2) is 35.7 Å². The molecule has 2 aromatic rings. The zero-order valence-corrected chi connectivity index (χ0v) is 11.8. The van der Waals surface area contributed by atoms with Crippen LogP contribution >= 0.6 is 11.3 Å². The number of nitro groups is 1. The predicted octanol–water partition coefficient (Wildman–Crippen LogP) is 2.27. The molecule has 1 heterocycles. The van der Waals surface area contributed by atoms with Gasteiger partial charge in [0.25, 0.3) is 17.5 Å². The Morgan fingerprint density at radius 1 is 1.24 bits per heavy atom. The molecule has 1 aromatic carbocycles. The van der Waals surface area contributed by atoms with E-state index >= 15 is 0 Å². The van der Waals surface area contributed by atoms with Crippen LogP contribution in [0.2, 0.25) is 0 Å². The minimum absolute atomic E-state index is 0.153. The molecule has 0 fully saturated rings. The Kier molecular flexibility index (Phi) is 4.29. The van der Waals surface area contributed by atoms with Gasteiger partial charge >= 0.3 is 0 Å². The van der Waals surface area contributed by atoms with Crippen molar-refractivity contribution >= 4 is 33.8 Å². The molecule has 2 N–H and O–H groups in total. The van der Waals surface area contributed by atoms with Crippen molar-refractivity contribution < 1.29 is 14.5 Å². The smallest absolute Gasteiger partial charge is 0.270 e. The first-order valence-corrected chi connectivity index (χ1v) is 6.76. The summed E-state index contributed by atoms with van der Waals surface area (Å²) in [7, 11) is 1.49. The van der Waals surface area contributed by atoms with Crippen LogP contribution in [-0.4, -0.2) is 23.8 Å². The van der Waals surface area contributed by atoms with Crippen LogP contribution in [0.3, 0.4) is 0 Å². The molecule has 0 aliphatic carbocycles. The maximum absolute atomic E-state index is 12.1. The van der Waals surface area contributed by atoms with Crippen molar-refractivity contribution in [2.75, 3.05) is 12.4 Å². The third-order valence-electron chi connectivity index (χ3n) is 2.68. The molecule has 0 radical (unpaired) electrons. The lowest BCUT2D eigenvalue weighted by atomic mass is 10.2. The van der Waals surface area contributed by atoms with Gasteiger partial charge in [-0.25, -0.2) is 0 Å². The number of nitrogens with zero attached hydrogens (tertiary/aromatic N) is 1. The van der Waals surface area contributed by atoms with Crippen molar-refractivity contribution in [3.63, 3.8) is 0 Å². The highest BCUT2D eigenvalue weighted by Gasteiger charge is 2.16. The van der Waals surface area contributed by atoms with Crippen molar-refractivity contribution in [1.29, 1.82) is 0 Å². The van der Waals surface area contributed by atoms with Crippen molar-refractivity contribution in [2.45, 2.75) is 0 Å². The van der Waals surface area contributed by atoms with Gasteiger partial charge in [0.15, 0.2) is 0 Å². The van der Waals surface area contributed by atoms with E-state index in [1.54, 1.807) is 11.4 Å². The fraction of sp³-hybridized carbons (Fsp3) is 0.0769. The van der Waals surface area contributed by atoms with E-state index in [0.717, 1.165) is 0 Å². The average Bonchev–Trinajstić information content (AvgIpc) is 2.94. The van der Waals surface area contributed by atoms with Gasteiger partial charge in [0.2, 0.25) is 0 Å². The number of thiophene rings is 1. The van der Waals surface area contributed by atoms with Crippen molar-refractivity contribution in [3.8, 4) is 0 Å². The number of carbonyl (C=O) groups is 2. The number of rotatable bonds is 4. The first-order valence-electron chi connectivity index (χ1n) is 5.88. The van der Waals surface area contributed by atoms with Gasteiger partial charge in [-0.2, -0.15) is 0 Å². The van der Waals surface area contributed by atoms with Crippen LogP contribution in [0.25, 0.3) is 0 Å². The molecule has 0 atom stereocenters. The minimum atomic E-state index is -0.572. The van der Waals surface area contributed by atoms with E-state index in [-0.39, 0.29) is 17.2 Å². The van der Waals surface area contributed by atoms with E-state index in [9.17, 15) is 19.7 Å². The highest BCUT2D eigenvalue weighted by molar-refractivity contribution is 7.14. The number of carbonyl (C=O) groups excluding carboxylic acids is 2. The summed E-state index contributed by atoms with van der Waals surface area (Å²) >= 11 is 1.20. The van der Waals surface area contributed by atoms with Gasteiger partial charge in [0.1, 0.15) is 5.00 Å². The minimum Gasteiger partial charge on any atom is -0.355 e. The summed E-state index contributed by atoms with van der Waals surface area (Å²) in [4.78, 5) is 33.8. The molecular weight excluding hydrogens is 294 g/mol. The van der Waals surface area contributed by atoms with E-state index in [0.29, 0.717) is 10.6 Å². The molecule has 0 bridgehead atoms. The number of anilines is 1. The Hall–Kier alpha value is -2.74. The molecule has 0 saturated heterocycles. The van der Waals surface area contributed by atoms with E-state index in [4.69, 9.17) is 0 Å². The van der Waals surface area contributed by atoms with Crippen molar-refractivity contribution in [2.24, 2.45) is 0 Å². The maximum Gasteiger partial charge on any atom is 0.270 e. The van der Waals surface area contributed by atoms with Crippen LogP contribution < -0.4 is 10.6 Å². The molecular formula is C13H11N3O4S. The molecule has 21 heavy (non-hydrogen) atoms. The van der Waals surface area contributed by atoms with E-state index in [1.165, 1.54) is 42.6 Å². The fourth-order valence-electron chi connectivity index (χ4n) is 1.66. The van der Waals surface area contributed by atoms with Gasteiger partial charge in [-0.05, 0) is 17.5 Å². The number of hydrogen-bond donors (Lipinski definition) is 2. The summed E-state index contributed by atoms with van der Waals surface area (Å²) in [6.45, 7) is 0. The van der Waals surface area contributed by atoms with Crippen LogP contribution in [0.4, 0.5) is 10.7 Å². The summed E-state index contributed by atoms with van der Waals surface area (Å²) in [5, 5.41) is 17.8. The maximum atomic E-state index is 12.1. The summed E-state index contributed by atoms with van der Waals surface area (Å²) in [5.41, 5.74) is 0.335. The molecule has 2 amide bonds. The molecule has 8 heteroatoms. The van der Waals surface area contributed by atoms with Crippen LogP contribution in [-0.2, 0) is 0 Å². The molecule has 1 aromatic heterocycles. The van der Waals surface area contributed by atoms with Crippen LogP contribution in [0, 0.1) is 10.1 Å². The molecule has 0 aliphatic rings. The third kappa shape index (κ3) is 3.23. The SMILES string of the molecule is CNC(=O)c1ccsc1NC(=O)c1cccc([N+](=O)[O-])c1. The van der Waals surface area contributed by atoms with E-state index < -0.39 is 10.8 Å². The Morgan fingerprint density at radius 2 is 2.00 bits per heavy atom. The first-order chi connectivity index (χ1) is 10.0. The van der Waals surface area contributed by atoms with E-state index in [1.807, 2.05) is 0 Å².